The van der Waals surface area contributed by atoms with Crippen LogP contribution in [0.25, 0.3) is 0 Å². The van der Waals surface area contributed by atoms with Gasteiger partial charge in [0.25, 0.3) is 0 Å². The average Bonchev–Trinajstić information content (AvgIpc) is 1.37. The van der Waals surface area contributed by atoms with Gasteiger partial charge in [-0.25, -0.2) is 5.48 Å². The van der Waals surface area contributed by atoms with E-state index in [0.717, 1.165) is 0 Å². The molecule has 0 aromatic rings. The predicted octanol–water partition coefficient (Wildman–Crippen LogP) is -0.663. The molecular weight excluding hydrogens is 77.0 g/mol. The first-order chi connectivity index (χ1) is 1.91. The maximum absolute atomic E-state index is 7.62. The van der Waals surface area contributed by atoms with E-state index in [1.165, 1.54) is 0 Å². The summed E-state index contributed by atoms with van der Waals surface area (Å²) in [5.41, 5.74) is 1.93. The van der Waals surface area contributed by atoms with Gasteiger partial charge in [0.2, 0.25) is 0 Å². The molecule has 0 radical (unpaired) electrons. The summed E-state index contributed by atoms with van der Waals surface area (Å²) in [5.74, 6) is 0. The first-order valence-corrected chi connectivity index (χ1v) is 1.28. The maximum atomic E-state index is 7.62. The summed E-state index contributed by atoms with van der Waals surface area (Å²) in [6, 6.07) is 0. The van der Waals surface area contributed by atoms with E-state index in [1.807, 2.05) is 12.4 Å². The van der Waals surface area contributed by atoms with Crippen molar-refractivity contribution >= 4 is 29.6 Å². The third kappa shape index (κ3) is 11.4. The Balaban J connectivity index is 0. The zero-order valence-electron chi connectivity index (χ0n) is 2.65. The van der Waals surface area contributed by atoms with Crippen molar-refractivity contribution in [3.8, 4) is 0 Å². The second-order valence-corrected chi connectivity index (χ2v) is 0.512. The fourth-order valence-electron chi connectivity index (χ4n) is 0. The third-order valence-electron chi connectivity index (χ3n) is 0.158. The molecule has 0 heterocycles. The molecule has 0 spiro atoms. The first-order valence-electron chi connectivity index (χ1n) is 1.28. The molecule has 2 N–H and O–H groups in total. The zero-order chi connectivity index (χ0) is 3.41. The Bertz CT molecular complexity index is 11.6. The minimum atomic E-state index is 0. The van der Waals surface area contributed by atoms with Crippen LogP contribution in [-0.2, 0) is 0 Å². The quantitative estimate of drug-likeness (QED) is 0.327. The van der Waals surface area contributed by atoms with Crippen LogP contribution in [0.3, 0.4) is 0 Å². The Kier molecular flexibility index (Phi) is 16.5. The monoisotopic (exact) mass is 85.1 g/mol. The number of hydrogen-bond acceptors (Lipinski definition) is 2. The standard InChI is InChI=1S/C2H7NO.Na.H/c1-2-3-4;;/h3-4H,2H2,1H3;;. The van der Waals surface area contributed by atoms with E-state index < -0.39 is 0 Å². The Morgan fingerprint density at radius 3 is 2.00 bits per heavy atom. The molecule has 0 aliphatic heterocycles. The van der Waals surface area contributed by atoms with Crippen LogP contribution >= 0.6 is 0 Å². The molecular formula is C2H8NNaO. The third-order valence-corrected chi connectivity index (χ3v) is 0.158. The van der Waals surface area contributed by atoms with E-state index in [-0.39, 0.29) is 29.6 Å². The molecule has 0 aromatic carbocycles. The fourth-order valence-corrected chi connectivity index (χ4v) is 0. The zero-order valence-corrected chi connectivity index (χ0v) is 2.65. The summed E-state index contributed by atoms with van der Waals surface area (Å²) >= 11 is 0. The van der Waals surface area contributed by atoms with Crippen molar-refractivity contribution in [2.24, 2.45) is 0 Å². The van der Waals surface area contributed by atoms with E-state index in [0.29, 0.717) is 6.54 Å². The van der Waals surface area contributed by atoms with Gasteiger partial charge in [0.05, 0.1) is 0 Å². The number of nitrogens with one attached hydrogen (secondary N) is 1. The topological polar surface area (TPSA) is 32.3 Å². The van der Waals surface area contributed by atoms with Crippen LogP contribution in [0.4, 0.5) is 0 Å². The van der Waals surface area contributed by atoms with Gasteiger partial charge in [-0.2, -0.15) is 0 Å². The second kappa shape index (κ2) is 8.87. The van der Waals surface area contributed by atoms with Crippen LogP contribution < -0.4 is 5.48 Å². The molecule has 0 aliphatic carbocycles. The Morgan fingerprint density at radius 2 is 2.00 bits per heavy atom. The van der Waals surface area contributed by atoms with Gasteiger partial charge in [0, 0.05) is 6.54 Å². The summed E-state index contributed by atoms with van der Waals surface area (Å²) in [6.07, 6.45) is 0. The Hall–Kier alpha value is 0.920. The molecule has 0 saturated carbocycles. The molecule has 0 unspecified atom stereocenters. The fraction of sp³-hybridized carbons (Fsp3) is 1.00. The van der Waals surface area contributed by atoms with E-state index >= 15 is 0 Å². The molecule has 0 bridgehead atoms. The number of rotatable bonds is 1. The van der Waals surface area contributed by atoms with Crippen molar-refractivity contribution in [3.05, 3.63) is 0 Å². The first kappa shape index (κ1) is 9.33. The second-order valence-electron chi connectivity index (χ2n) is 0.512. The van der Waals surface area contributed by atoms with E-state index in [4.69, 9.17) is 5.21 Å². The molecule has 0 aromatic heterocycles. The van der Waals surface area contributed by atoms with Crippen LogP contribution in [0.1, 0.15) is 6.92 Å². The molecule has 0 amide bonds. The summed E-state index contributed by atoms with van der Waals surface area (Å²) in [4.78, 5) is 0. The van der Waals surface area contributed by atoms with Crippen LogP contribution in [0.15, 0.2) is 0 Å². The van der Waals surface area contributed by atoms with Crippen molar-refractivity contribution in [1.29, 1.82) is 0 Å². The van der Waals surface area contributed by atoms with E-state index in [2.05, 4.69) is 0 Å². The molecule has 0 atom stereocenters. The molecule has 3 heteroatoms. The van der Waals surface area contributed by atoms with E-state index in [1.54, 1.807) is 0 Å². The number of hydroxylamine groups is 1. The molecule has 0 fully saturated rings. The van der Waals surface area contributed by atoms with E-state index in [9.17, 15) is 0 Å². The van der Waals surface area contributed by atoms with Crippen LogP contribution in [-0.4, -0.2) is 41.3 Å². The van der Waals surface area contributed by atoms with Gasteiger partial charge < -0.3 is 5.21 Å². The van der Waals surface area contributed by atoms with Crippen LogP contribution in [0.5, 0.6) is 0 Å². The summed E-state index contributed by atoms with van der Waals surface area (Å²) in [7, 11) is 0. The van der Waals surface area contributed by atoms with Gasteiger partial charge in [-0.05, 0) is 0 Å². The number of hydrogen-bond donors (Lipinski definition) is 2. The van der Waals surface area contributed by atoms with Crippen molar-refractivity contribution in [1.82, 2.24) is 5.48 Å². The molecule has 28 valence electrons. The van der Waals surface area contributed by atoms with Crippen molar-refractivity contribution in [3.63, 3.8) is 0 Å². The van der Waals surface area contributed by atoms with Gasteiger partial charge >= 0.3 is 29.6 Å². The summed E-state index contributed by atoms with van der Waals surface area (Å²) in [5, 5.41) is 7.62. The van der Waals surface area contributed by atoms with Gasteiger partial charge in [-0.15, -0.1) is 0 Å². The molecule has 5 heavy (non-hydrogen) atoms. The molecule has 0 saturated heterocycles. The predicted molar refractivity (Wildman–Crippen MR) is 22.6 cm³/mol. The van der Waals surface area contributed by atoms with Gasteiger partial charge in [-0.1, -0.05) is 6.92 Å². The molecule has 2 nitrogen and oxygen atoms in total. The SMILES string of the molecule is CCNO.[NaH]. The normalized spacial score (nSPS) is 6.00. The summed E-state index contributed by atoms with van der Waals surface area (Å²) in [6.45, 7) is 2.44. The molecule has 0 rings (SSSR count). The van der Waals surface area contributed by atoms with Crippen molar-refractivity contribution in [2.75, 3.05) is 6.54 Å². The molecule has 0 aliphatic rings. The van der Waals surface area contributed by atoms with Crippen molar-refractivity contribution in [2.45, 2.75) is 6.92 Å². The van der Waals surface area contributed by atoms with Crippen LogP contribution in [0.2, 0.25) is 0 Å². The average molecular weight is 85.1 g/mol. The van der Waals surface area contributed by atoms with Gasteiger partial charge in [0.15, 0.2) is 0 Å². The van der Waals surface area contributed by atoms with Crippen molar-refractivity contribution < 1.29 is 5.21 Å². The Labute approximate surface area is 53.8 Å². The summed E-state index contributed by atoms with van der Waals surface area (Å²) < 4.78 is 0. The minimum absolute atomic E-state index is 0. The van der Waals surface area contributed by atoms with Gasteiger partial charge in [-0.3, -0.25) is 0 Å². The van der Waals surface area contributed by atoms with Crippen LogP contribution in [0, 0.1) is 0 Å². The van der Waals surface area contributed by atoms with Gasteiger partial charge in [0.1, 0.15) is 0 Å². The Morgan fingerprint density at radius 1 is 1.80 bits per heavy atom.